The lowest BCUT2D eigenvalue weighted by atomic mass is 10.1. The maximum Gasteiger partial charge on any atom is 0.123 e. The SMILES string of the molecule is CC(C)CSCC(Cc1cc(F)ccc1Br)NN. The number of hydrogen-bond donors (Lipinski definition) is 2. The zero-order valence-corrected chi connectivity index (χ0v) is 13.2. The topological polar surface area (TPSA) is 38.0 Å². The van der Waals surface area contributed by atoms with E-state index in [0.717, 1.165) is 28.0 Å². The van der Waals surface area contributed by atoms with Gasteiger partial charge in [-0.15, -0.1) is 0 Å². The monoisotopic (exact) mass is 334 g/mol. The molecule has 1 aromatic rings. The fourth-order valence-corrected chi connectivity index (χ4v) is 3.09. The first-order valence-electron chi connectivity index (χ1n) is 6.00. The Morgan fingerprint density at radius 2 is 2.11 bits per heavy atom. The molecule has 18 heavy (non-hydrogen) atoms. The van der Waals surface area contributed by atoms with Crippen molar-refractivity contribution in [3.05, 3.63) is 34.1 Å². The van der Waals surface area contributed by atoms with Gasteiger partial charge in [0.05, 0.1) is 0 Å². The normalized spacial score (nSPS) is 13.0. The molecule has 0 heterocycles. The van der Waals surface area contributed by atoms with Gasteiger partial charge in [-0.25, -0.2) is 4.39 Å². The Hall–Kier alpha value is -0.100. The van der Waals surface area contributed by atoms with E-state index in [2.05, 4.69) is 35.2 Å². The third-order valence-corrected chi connectivity index (χ3v) is 4.79. The van der Waals surface area contributed by atoms with E-state index in [1.165, 1.54) is 6.07 Å². The minimum atomic E-state index is -0.209. The van der Waals surface area contributed by atoms with E-state index in [4.69, 9.17) is 5.84 Å². The molecule has 2 nitrogen and oxygen atoms in total. The summed E-state index contributed by atoms with van der Waals surface area (Å²) in [4.78, 5) is 0. The summed E-state index contributed by atoms with van der Waals surface area (Å²) in [6, 6.07) is 4.90. The van der Waals surface area contributed by atoms with Crippen molar-refractivity contribution >= 4 is 27.7 Å². The number of nitrogens with two attached hydrogens (primary N) is 1. The van der Waals surface area contributed by atoms with Crippen LogP contribution in [0.5, 0.6) is 0 Å². The molecular formula is C13H20BrFN2S. The highest BCUT2D eigenvalue weighted by atomic mass is 79.9. The van der Waals surface area contributed by atoms with E-state index in [1.807, 2.05) is 11.8 Å². The fourth-order valence-electron chi connectivity index (χ4n) is 1.58. The zero-order chi connectivity index (χ0) is 13.5. The second-order valence-corrected chi connectivity index (χ2v) is 6.66. The van der Waals surface area contributed by atoms with Gasteiger partial charge in [-0.2, -0.15) is 11.8 Å². The van der Waals surface area contributed by atoms with Gasteiger partial charge >= 0.3 is 0 Å². The van der Waals surface area contributed by atoms with Gasteiger partial charge in [0.1, 0.15) is 5.82 Å². The van der Waals surface area contributed by atoms with E-state index in [0.29, 0.717) is 5.92 Å². The van der Waals surface area contributed by atoms with Crippen molar-refractivity contribution in [2.24, 2.45) is 11.8 Å². The van der Waals surface area contributed by atoms with Crippen molar-refractivity contribution in [3.8, 4) is 0 Å². The van der Waals surface area contributed by atoms with Gasteiger partial charge in [0.15, 0.2) is 0 Å². The number of nitrogens with one attached hydrogen (secondary N) is 1. The Balaban J connectivity index is 2.54. The van der Waals surface area contributed by atoms with E-state index in [1.54, 1.807) is 12.1 Å². The predicted molar refractivity (Wildman–Crippen MR) is 81.1 cm³/mol. The van der Waals surface area contributed by atoms with Gasteiger partial charge in [-0.05, 0) is 41.9 Å². The third kappa shape index (κ3) is 5.69. The van der Waals surface area contributed by atoms with Crippen molar-refractivity contribution in [2.45, 2.75) is 26.3 Å². The summed E-state index contributed by atoms with van der Waals surface area (Å²) < 4.78 is 14.1. The molecule has 0 saturated carbocycles. The minimum Gasteiger partial charge on any atom is -0.271 e. The second kappa shape index (κ2) is 8.15. The van der Waals surface area contributed by atoms with Crippen molar-refractivity contribution in [1.29, 1.82) is 0 Å². The second-order valence-electron chi connectivity index (χ2n) is 4.73. The smallest absolute Gasteiger partial charge is 0.123 e. The fraction of sp³-hybridized carbons (Fsp3) is 0.538. The van der Waals surface area contributed by atoms with E-state index in [9.17, 15) is 4.39 Å². The van der Waals surface area contributed by atoms with Gasteiger partial charge in [-0.3, -0.25) is 11.3 Å². The number of benzene rings is 1. The van der Waals surface area contributed by atoms with Crippen molar-refractivity contribution < 1.29 is 4.39 Å². The highest BCUT2D eigenvalue weighted by Gasteiger charge is 2.11. The average molecular weight is 335 g/mol. The summed E-state index contributed by atoms with van der Waals surface area (Å²) in [6.07, 6.45) is 0.722. The molecule has 3 N–H and O–H groups in total. The van der Waals surface area contributed by atoms with Gasteiger partial charge in [0.2, 0.25) is 0 Å². The molecule has 0 amide bonds. The first-order chi connectivity index (χ1) is 8.52. The Morgan fingerprint density at radius 1 is 1.39 bits per heavy atom. The standard InChI is InChI=1S/C13H20BrFN2S/c1-9(2)7-18-8-12(17-16)6-10-5-11(15)3-4-13(10)14/h3-5,9,12,17H,6-8,16H2,1-2H3. The highest BCUT2D eigenvalue weighted by Crippen LogP contribution is 2.20. The summed E-state index contributed by atoms with van der Waals surface area (Å²) in [6.45, 7) is 4.39. The summed E-state index contributed by atoms with van der Waals surface area (Å²) >= 11 is 5.31. The van der Waals surface area contributed by atoms with Crippen LogP contribution in [0, 0.1) is 11.7 Å². The Kier molecular flexibility index (Phi) is 7.22. The van der Waals surface area contributed by atoms with E-state index >= 15 is 0 Å². The van der Waals surface area contributed by atoms with Crippen LogP contribution < -0.4 is 11.3 Å². The average Bonchev–Trinajstić information content (AvgIpc) is 2.32. The first kappa shape index (κ1) is 16.0. The Labute approximate surface area is 121 Å². The zero-order valence-electron chi connectivity index (χ0n) is 10.7. The van der Waals surface area contributed by atoms with Crippen LogP contribution in [0.4, 0.5) is 4.39 Å². The molecular weight excluding hydrogens is 315 g/mol. The van der Waals surface area contributed by atoms with Gasteiger partial charge < -0.3 is 0 Å². The molecule has 0 bridgehead atoms. The largest absolute Gasteiger partial charge is 0.271 e. The summed E-state index contributed by atoms with van der Waals surface area (Å²) in [5, 5.41) is 0. The van der Waals surface area contributed by atoms with Crippen LogP contribution in [-0.4, -0.2) is 17.5 Å². The number of rotatable bonds is 7. The van der Waals surface area contributed by atoms with Gasteiger partial charge in [0, 0.05) is 16.3 Å². The quantitative estimate of drug-likeness (QED) is 0.593. The van der Waals surface area contributed by atoms with Crippen LogP contribution in [-0.2, 0) is 6.42 Å². The van der Waals surface area contributed by atoms with Crippen LogP contribution in [0.2, 0.25) is 0 Å². The van der Waals surface area contributed by atoms with Crippen LogP contribution in [0.15, 0.2) is 22.7 Å². The van der Waals surface area contributed by atoms with Gasteiger partial charge in [-0.1, -0.05) is 29.8 Å². The number of thioether (sulfide) groups is 1. The molecule has 0 aliphatic heterocycles. The molecule has 0 spiro atoms. The lowest BCUT2D eigenvalue weighted by Gasteiger charge is -2.17. The maximum absolute atomic E-state index is 13.2. The van der Waals surface area contributed by atoms with Crippen molar-refractivity contribution in [2.75, 3.05) is 11.5 Å². The van der Waals surface area contributed by atoms with Gasteiger partial charge in [0.25, 0.3) is 0 Å². The third-order valence-electron chi connectivity index (χ3n) is 2.48. The summed E-state index contributed by atoms with van der Waals surface area (Å²) in [5.74, 6) is 8.06. The molecule has 102 valence electrons. The molecule has 0 radical (unpaired) electrons. The van der Waals surface area contributed by atoms with Crippen LogP contribution in [0.25, 0.3) is 0 Å². The molecule has 0 aliphatic carbocycles. The predicted octanol–water partition coefficient (Wildman–Crippen LogP) is 3.35. The Morgan fingerprint density at radius 3 is 2.72 bits per heavy atom. The Bertz CT molecular complexity index is 374. The van der Waals surface area contributed by atoms with Crippen LogP contribution in [0.3, 0.4) is 0 Å². The number of halogens is 2. The molecule has 1 atom stereocenters. The molecule has 0 aromatic heterocycles. The summed E-state index contributed by atoms with van der Waals surface area (Å²) in [5.41, 5.74) is 3.75. The molecule has 1 aromatic carbocycles. The van der Waals surface area contributed by atoms with Crippen LogP contribution in [0.1, 0.15) is 19.4 Å². The maximum atomic E-state index is 13.2. The van der Waals surface area contributed by atoms with Crippen LogP contribution >= 0.6 is 27.7 Å². The molecule has 5 heteroatoms. The molecule has 0 saturated heterocycles. The van der Waals surface area contributed by atoms with Crippen molar-refractivity contribution in [3.63, 3.8) is 0 Å². The summed E-state index contributed by atoms with van der Waals surface area (Å²) in [7, 11) is 0. The van der Waals surface area contributed by atoms with Crippen molar-refractivity contribution in [1.82, 2.24) is 5.43 Å². The number of hydrazine groups is 1. The number of hydrogen-bond acceptors (Lipinski definition) is 3. The molecule has 1 unspecified atom stereocenters. The minimum absolute atomic E-state index is 0.159. The molecule has 0 fully saturated rings. The highest BCUT2D eigenvalue weighted by molar-refractivity contribution is 9.10. The first-order valence-corrected chi connectivity index (χ1v) is 7.95. The van der Waals surface area contributed by atoms with E-state index < -0.39 is 0 Å². The molecule has 1 rings (SSSR count). The lowest BCUT2D eigenvalue weighted by molar-refractivity contribution is 0.569. The molecule has 0 aliphatic rings. The lowest BCUT2D eigenvalue weighted by Crippen LogP contribution is -2.39. The van der Waals surface area contributed by atoms with E-state index in [-0.39, 0.29) is 11.9 Å².